The molecule has 1 N–H and O–H groups in total. The molecule has 0 radical (unpaired) electrons. The summed E-state index contributed by atoms with van der Waals surface area (Å²) in [7, 11) is 1.99. The van der Waals surface area contributed by atoms with Crippen molar-refractivity contribution in [3.63, 3.8) is 0 Å². The Labute approximate surface area is 136 Å². The van der Waals surface area contributed by atoms with Gasteiger partial charge < -0.3 is 10.1 Å². The second-order valence-electron chi connectivity index (χ2n) is 6.00. The van der Waals surface area contributed by atoms with E-state index in [2.05, 4.69) is 10.2 Å². The molecule has 2 fully saturated rings. The third kappa shape index (κ3) is 3.54. The zero-order valence-electron chi connectivity index (χ0n) is 12.3. The average Bonchev–Trinajstić information content (AvgIpc) is 2.94. The van der Waals surface area contributed by atoms with Crippen molar-refractivity contribution < 1.29 is 4.74 Å². The lowest BCUT2D eigenvalue weighted by Gasteiger charge is -2.39. The molecule has 116 valence electrons. The Balaban J connectivity index is 1.67. The van der Waals surface area contributed by atoms with E-state index < -0.39 is 0 Å². The molecule has 21 heavy (non-hydrogen) atoms. The smallest absolute Gasteiger partial charge is 0.0858 e. The van der Waals surface area contributed by atoms with Crippen molar-refractivity contribution in [3.05, 3.63) is 33.8 Å². The number of halogens is 2. The first-order valence-electron chi connectivity index (χ1n) is 7.64. The summed E-state index contributed by atoms with van der Waals surface area (Å²) in [4.78, 5) is 2.57. The number of nitrogens with zero attached hydrogens (tertiary/aromatic N) is 1. The van der Waals surface area contributed by atoms with E-state index >= 15 is 0 Å². The average molecular weight is 329 g/mol. The minimum Gasteiger partial charge on any atom is -0.374 e. The van der Waals surface area contributed by atoms with Crippen LogP contribution in [0.5, 0.6) is 0 Å². The maximum absolute atomic E-state index is 6.30. The summed E-state index contributed by atoms with van der Waals surface area (Å²) in [6.07, 6.45) is 3.65. The molecule has 0 aromatic heterocycles. The molecule has 0 saturated carbocycles. The normalized spacial score (nSPS) is 27.6. The highest BCUT2D eigenvalue weighted by molar-refractivity contribution is 6.35. The van der Waals surface area contributed by atoms with Gasteiger partial charge in [0.05, 0.1) is 12.7 Å². The molecule has 3 nitrogen and oxygen atoms in total. The molecule has 3 atom stereocenters. The number of rotatable bonds is 4. The highest BCUT2D eigenvalue weighted by Crippen LogP contribution is 2.26. The van der Waals surface area contributed by atoms with Gasteiger partial charge in [0.25, 0.3) is 0 Å². The fourth-order valence-electron chi connectivity index (χ4n) is 3.43. The monoisotopic (exact) mass is 328 g/mol. The van der Waals surface area contributed by atoms with Crippen LogP contribution < -0.4 is 5.32 Å². The van der Waals surface area contributed by atoms with Crippen molar-refractivity contribution in [1.29, 1.82) is 0 Å². The highest BCUT2D eigenvalue weighted by Gasteiger charge is 2.35. The topological polar surface area (TPSA) is 24.5 Å². The molecule has 0 aliphatic carbocycles. The van der Waals surface area contributed by atoms with Crippen LogP contribution in [0.3, 0.4) is 0 Å². The van der Waals surface area contributed by atoms with Gasteiger partial charge in [-0.15, -0.1) is 0 Å². The summed E-state index contributed by atoms with van der Waals surface area (Å²) in [6.45, 7) is 3.08. The van der Waals surface area contributed by atoms with Gasteiger partial charge in [0.2, 0.25) is 0 Å². The van der Waals surface area contributed by atoms with Crippen LogP contribution in [0.4, 0.5) is 0 Å². The van der Waals surface area contributed by atoms with E-state index in [9.17, 15) is 0 Å². The van der Waals surface area contributed by atoms with E-state index in [0.717, 1.165) is 30.2 Å². The van der Waals surface area contributed by atoms with Gasteiger partial charge in [0.1, 0.15) is 0 Å². The molecule has 1 aromatic rings. The minimum atomic E-state index is 0.219. The number of nitrogens with one attached hydrogen (secondary N) is 1. The number of morpholine rings is 1. The Morgan fingerprint density at radius 3 is 3.05 bits per heavy atom. The van der Waals surface area contributed by atoms with Crippen molar-refractivity contribution in [3.8, 4) is 0 Å². The molecule has 3 rings (SSSR count). The molecular formula is C16H22Cl2N2O. The Bertz CT molecular complexity index is 497. The lowest BCUT2D eigenvalue weighted by molar-refractivity contribution is -0.0634. The summed E-state index contributed by atoms with van der Waals surface area (Å²) in [5, 5.41) is 4.81. The second kappa shape index (κ2) is 6.84. The predicted octanol–water partition coefficient (Wildman–Crippen LogP) is 2.99. The van der Waals surface area contributed by atoms with Gasteiger partial charge >= 0.3 is 0 Å². The molecular weight excluding hydrogens is 307 g/mol. The van der Waals surface area contributed by atoms with Crippen molar-refractivity contribution in [2.24, 2.45) is 0 Å². The van der Waals surface area contributed by atoms with Gasteiger partial charge in [-0.1, -0.05) is 29.3 Å². The summed E-state index contributed by atoms with van der Waals surface area (Å²) in [5.41, 5.74) is 1.12. The minimum absolute atomic E-state index is 0.219. The zero-order valence-corrected chi connectivity index (χ0v) is 13.8. The predicted molar refractivity (Wildman–Crippen MR) is 87.3 cm³/mol. The quantitative estimate of drug-likeness (QED) is 0.919. The van der Waals surface area contributed by atoms with Crippen molar-refractivity contribution in [2.45, 2.75) is 37.5 Å². The van der Waals surface area contributed by atoms with Crippen LogP contribution in [0.25, 0.3) is 0 Å². The largest absolute Gasteiger partial charge is 0.374 e. The van der Waals surface area contributed by atoms with E-state index in [-0.39, 0.29) is 12.1 Å². The molecule has 2 saturated heterocycles. The van der Waals surface area contributed by atoms with Crippen LogP contribution in [-0.2, 0) is 11.2 Å². The highest BCUT2D eigenvalue weighted by atomic mass is 35.5. The van der Waals surface area contributed by atoms with Gasteiger partial charge in [-0.3, -0.25) is 4.90 Å². The van der Waals surface area contributed by atoms with Gasteiger partial charge in [-0.05, 0) is 50.6 Å². The summed E-state index contributed by atoms with van der Waals surface area (Å²) in [6, 6.07) is 6.62. The molecule has 0 spiro atoms. The van der Waals surface area contributed by atoms with E-state index in [1.807, 2.05) is 25.2 Å². The fraction of sp³-hybridized carbons (Fsp3) is 0.625. The number of ether oxygens (including phenoxy) is 1. The first kappa shape index (κ1) is 15.6. The maximum atomic E-state index is 6.30. The van der Waals surface area contributed by atoms with E-state index in [1.165, 1.54) is 19.4 Å². The molecule has 0 bridgehead atoms. The molecule has 2 heterocycles. The van der Waals surface area contributed by atoms with Crippen LogP contribution in [0, 0.1) is 0 Å². The number of fused-ring (bicyclic) bond motifs is 1. The van der Waals surface area contributed by atoms with E-state index in [0.29, 0.717) is 11.1 Å². The Hall–Kier alpha value is -0.320. The fourth-order valence-corrected chi connectivity index (χ4v) is 3.92. The van der Waals surface area contributed by atoms with E-state index in [1.54, 1.807) is 0 Å². The number of hydrogen-bond donors (Lipinski definition) is 1. The van der Waals surface area contributed by atoms with Crippen molar-refractivity contribution >= 4 is 23.2 Å². The first-order valence-corrected chi connectivity index (χ1v) is 8.40. The van der Waals surface area contributed by atoms with Gasteiger partial charge in [-0.25, -0.2) is 0 Å². The summed E-state index contributed by atoms with van der Waals surface area (Å²) < 4.78 is 6.11. The second-order valence-corrected chi connectivity index (χ2v) is 6.84. The third-order valence-electron chi connectivity index (χ3n) is 4.69. The van der Waals surface area contributed by atoms with Crippen LogP contribution in [0.2, 0.25) is 10.0 Å². The standard InChI is InChI=1S/C16H22Cl2N2O/c1-19-15(7-11-4-5-12(17)8-14(11)18)16-9-20-6-2-3-13(20)10-21-16/h4-5,8,13,15-16,19H,2-3,6-7,9-10H2,1H3. The summed E-state index contributed by atoms with van der Waals surface area (Å²) in [5.74, 6) is 0. The third-order valence-corrected chi connectivity index (χ3v) is 5.28. The van der Waals surface area contributed by atoms with Gasteiger partial charge in [0, 0.05) is 28.7 Å². The number of likely N-dealkylation sites (N-methyl/N-ethyl adjacent to an activating group) is 1. The Morgan fingerprint density at radius 1 is 1.43 bits per heavy atom. The maximum Gasteiger partial charge on any atom is 0.0858 e. The zero-order chi connectivity index (χ0) is 14.8. The van der Waals surface area contributed by atoms with Crippen LogP contribution in [0.1, 0.15) is 18.4 Å². The van der Waals surface area contributed by atoms with Crippen molar-refractivity contribution in [1.82, 2.24) is 10.2 Å². The van der Waals surface area contributed by atoms with Crippen LogP contribution in [-0.4, -0.2) is 49.8 Å². The first-order chi connectivity index (χ1) is 10.2. The van der Waals surface area contributed by atoms with Gasteiger partial charge in [0.15, 0.2) is 0 Å². The molecule has 0 amide bonds. The SMILES string of the molecule is CNC(Cc1ccc(Cl)cc1Cl)C1CN2CCCC2CO1. The van der Waals surface area contributed by atoms with Crippen LogP contribution >= 0.6 is 23.2 Å². The lowest BCUT2D eigenvalue weighted by Crippen LogP contribution is -2.54. The Kier molecular flexibility index (Phi) is 5.07. The molecule has 1 aromatic carbocycles. The summed E-state index contributed by atoms with van der Waals surface area (Å²) >= 11 is 12.3. The molecule has 3 unspecified atom stereocenters. The number of hydrogen-bond acceptors (Lipinski definition) is 3. The number of benzene rings is 1. The molecule has 5 heteroatoms. The van der Waals surface area contributed by atoms with Crippen LogP contribution in [0.15, 0.2) is 18.2 Å². The van der Waals surface area contributed by atoms with E-state index in [4.69, 9.17) is 27.9 Å². The lowest BCUT2D eigenvalue weighted by atomic mass is 9.99. The van der Waals surface area contributed by atoms with Crippen molar-refractivity contribution in [2.75, 3.05) is 26.7 Å². The van der Waals surface area contributed by atoms with Gasteiger partial charge in [-0.2, -0.15) is 0 Å². The Morgan fingerprint density at radius 2 is 2.29 bits per heavy atom. The molecule has 2 aliphatic rings. The molecule has 2 aliphatic heterocycles.